The van der Waals surface area contributed by atoms with Crippen LogP contribution in [0.1, 0.15) is 19.8 Å². The predicted molar refractivity (Wildman–Crippen MR) is 89.9 cm³/mol. The van der Waals surface area contributed by atoms with Crippen LogP contribution in [0.2, 0.25) is 0 Å². The summed E-state index contributed by atoms with van der Waals surface area (Å²) in [4.78, 5) is 0.271. The van der Waals surface area contributed by atoms with Crippen LogP contribution in [0.15, 0.2) is 34.2 Å². The maximum Gasteiger partial charge on any atom is 0.243 e. The Bertz CT molecular complexity index is 772. The van der Waals surface area contributed by atoms with E-state index in [9.17, 15) is 8.42 Å². The number of fused-ring (bicyclic) bond motifs is 1. The van der Waals surface area contributed by atoms with Crippen molar-refractivity contribution in [2.45, 2.75) is 30.8 Å². The molecule has 24 heavy (non-hydrogen) atoms. The third-order valence-corrected chi connectivity index (χ3v) is 6.58. The molecule has 0 fully saturated rings. The summed E-state index contributed by atoms with van der Waals surface area (Å²) in [5.74, 6) is 1.15. The van der Waals surface area contributed by atoms with Gasteiger partial charge < -0.3 is 14.8 Å². The summed E-state index contributed by atoms with van der Waals surface area (Å²) in [7, 11) is -3.51. The van der Waals surface area contributed by atoms with Gasteiger partial charge in [0.05, 0.1) is 4.90 Å². The first-order valence-corrected chi connectivity index (χ1v) is 9.86. The molecule has 3 heterocycles. The fourth-order valence-corrected chi connectivity index (χ4v) is 4.92. The first kappa shape index (κ1) is 15.9. The summed E-state index contributed by atoms with van der Waals surface area (Å²) >= 11 is 0. The number of sulfonamides is 1. The van der Waals surface area contributed by atoms with Crippen LogP contribution in [0.25, 0.3) is 0 Å². The van der Waals surface area contributed by atoms with Crippen molar-refractivity contribution in [1.29, 1.82) is 0 Å². The monoisotopic (exact) mass is 350 g/mol. The Morgan fingerprint density at radius 1 is 1.21 bits per heavy atom. The molecule has 0 saturated carbocycles. The molecule has 0 saturated heterocycles. The fourth-order valence-electron chi connectivity index (χ4n) is 3.47. The third kappa shape index (κ3) is 2.70. The van der Waals surface area contributed by atoms with Gasteiger partial charge in [0.15, 0.2) is 11.5 Å². The van der Waals surface area contributed by atoms with Crippen molar-refractivity contribution in [3.05, 3.63) is 29.3 Å². The molecule has 0 spiro atoms. The van der Waals surface area contributed by atoms with Gasteiger partial charge in [-0.05, 0) is 29.7 Å². The van der Waals surface area contributed by atoms with E-state index in [0.717, 1.165) is 25.9 Å². The van der Waals surface area contributed by atoms with E-state index in [1.807, 2.05) is 0 Å². The SMILES string of the molecule is CCCC1COc2cc(S(=O)(=O)N3CC4=C(CNC4)C3)ccc2O1. The van der Waals surface area contributed by atoms with Crippen molar-refractivity contribution in [3.8, 4) is 11.5 Å². The van der Waals surface area contributed by atoms with Crippen LogP contribution in [-0.2, 0) is 10.0 Å². The molecule has 0 aliphatic carbocycles. The minimum absolute atomic E-state index is 0.0446. The van der Waals surface area contributed by atoms with Crippen molar-refractivity contribution in [2.24, 2.45) is 0 Å². The van der Waals surface area contributed by atoms with Crippen molar-refractivity contribution < 1.29 is 17.9 Å². The van der Waals surface area contributed by atoms with Gasteiger partial charge in [-0.3, -0.25) is 0 Å². The highest BCUT2D eigenvalue weighted by Crippen LogP contribution is 2.36. The number of nitrogens with zero attached hydrogens (tertiary/aromatic N) is 1. The van der Waals surface area contributed by atoms with Gasteiger partial charge in [-0.2, -0.15) is 4.31 Å². The number of rotatable bonds is 4. The summed E-state index contributed by atoms with van der Waals surface area (Å²) < 4.78 is 39.0. The molecule has 6 nitrogen and oxygen atoms in total. The zero-order valence-corrected chi connectivity index (χ0v) is 14.6. The smallest absolute Gasteiger partial charge is 0.243 e. The van der Waals surface area contributed by atoms with E-state index < -0.39 is 10.0 Å². The maximum atomic E-state index is 12.9. The number of hydrogen-bond donors (Lipinski definition) is 1. The van der Waals surface area contributed by atoms with Crippen molar-refractivity contribution in [3.63, 3.8) is 0 Å². The summed E-state index contributed by atoms with van der Waals surface area (Å²) in [6.07, 6.45) is 2.00. The highest BCUT2D eigenvalue weighted by molar-refractivity contribution is 7.89. The Kier molecular flexibility index (Phi) is 4.02. The quantitative estimate of drug-likeness (QED) is 0.834. The van der Waals surface area contributed by atoms with Gasteiger partial charge in [0.2, 0.25) is 10.0 Å². The third-order valence-electron chi connectivity index (χ3n) is 4.79. The first-order chi connectivity index (χ1) is 11.6. The fraction of sp³-hybridized carbons (Fsp3) is 0.529. The molecule has 3 aliphatic heterocycles. The van der Waals surface area contributed by atoms with Crippen LogP contribution in [0.5, 0.6) is 11.5 Å². The number of hydrogen-bond acceptors (Lipinski definition) is 5. The Morgan fingerprint density at radius 2 is 1.96 bits per heavy atom. The minimum Gasteiger partial charge on any atom is -0.486 e. The Labute approximate surface area is 142 Å². The van der Waals surface area contributed by atoms with Crippen LogP contribution in [-0.4, -0.2) is 51.6 Å². The second kappa shape index (κ2) is 6.06. The van der Waals surface area contributed by atoms with Crippen LogP contribution in [0.3, 0.4) is 0 Å². The molecule has 0 amide bonds. The average molecular weight is 350 g/mol. The normalized spacial score (nSPS) is 23.6. The lowest BCUT2D eigenvalue weighted by Crippen LogP contribution is -2.33. The molecule has 1 N–H and O–H groups in total. The van der Waals surface area contributed by atoms with Crippen molar-refractivity contribution >= 4 is 10.0 Å². The molecule has 7 heteroatoms. The van der Waals surface area contributed by atoms with Gasteiger partial charge in [-0.25, -0.2) is 8.42 Å². The van der Waals surface area contributed by atoms with Crippen LogP contribution < -0.4 is 14.8 Å². The van der Waals surface area contributed by atoms with Gasteiger partial charge >= 0.3 is 0 Å². The van der Waals surface area contributed by atoms with Crippen molar-refractivity contribution in [2.75, 3.05) is 32.8 Å². The first-order valence-electron chi connectivity index (χ1n) is 8.42. The van der Waals surface area contributed by atoms with E-state index in [1.165, 1.54) is 11.1 Å². The molecule has 0 bridgehead atoms. The summed E-state index contributed by atoms with van der Waals surface area (Å²) in [6, 6.07) is 4.92. The molecular formula is C17H22N2O4S. The molecule has 1 aromatic carbocycles. The lowest BCUT2D eigenvalue weighted by atomic mass is 10.2. The average Bonchev–Trinajstić information content (AvgIpc) is 3.16. The zero-order chi connectivity index (χ0) is 16.7. The topological polar surface area (TPSA) is 67.9 Å². The summed E-state index contributed by atoms with van der Waals surface area (Å²) in [6.45, 7) is 5.12. The Hall–Kier alpha value is -1.57. The zero-order valence-electron chi connectivity index (χ0n) is 13.7. The Morgan fingerprint density at radius 3 is 2.67 bits per heavy atom. The standard InChI is InChI=1S/C17H22N2O4S/c1-2-3-14-11-22-17-6-15(4-5-16(17)23-14)24(20,21)19-9-12-7-18-8-13(12)10-19/h4-6,14,18H,2-3,7-11H2,1H3. The molecular weight excluding hydrogens is 328 g/mol. The predicted octanol–water partition coefficient (Wildman–Crippen LogP) is 1.53. The van der Waals surface area contributed by atoms with E-state index in [1.54, 1.807) is 22.5 Å². The molecule has 130 valence electrons. The second-order valence-corrected chi connectivity index (χ2v) is 8.47. The van der Waals surface area contributed by atoms with Gasteiger partial charge in [0, 0.05) is 32.2 Å². The van der Waals surface area contributed by atoms with Crippen LogP contribution in [0.4, 0.5) is 0 Å². The molecule has 0 aromatic heterocycles. The number of benzene rings is 1. The highest BCUT2D eigenvalue weighted by atomic mass is 32.2. The molecule has 1 atom stereocenters. The molecule has 1 aromatic rings. The van der Waals surface area contributed by atoms with Crippen LogP contribution >= 0.6 is 0 Å². The number of nitrogens with one attached hydrogen (secondary N) is 1. The van der Waals surface area contributed by atoms with Crippen molar-refractivity contribution in [1.82, 2.24) is 9.62 Å². The largest absolute Gasteiger partial charge is 0.486 e. The molecule has 4 rings (SSSR count). The van der Waals surface area contributed by atoms with E-state index in [2.05, 4.69) is 12.2 Å². The van der Waals surface area contributed by atoms with E-state index >= 15 is 0 Å². The Balaban J connectivity index is 1.55. The maximum absolute atomic E-state index is 12.9. The molecule has 0 radical (unpaired) electrons. The van der Waals surface area contributed by atoms with Gasteiger partial charge in [0.1, 0.15) is 12.7 Å². The van der Waals surface area contributed by atoms with Gasteiger partial charge in [-0.15, -0.1) is 0 Å². The van der Waals surface area contributed by atoms with Gasteiger partial charge in [0.25, 0.3) is 0 Å². The second-order valence-electron chi connectivity index (χ2n) is 6.53. The molecule has 3 aliphatic rings. The van der Waals surface area contributed by atoms with E-state index in [0.29, 0.717) is 31.2 Å². The summed E-state index contributed by atoms with van der Waals surface area (Å²) in [5.41, 5.74) is 2.41. The minimum atomic E-state index is -3.51. The summed E-state index contributed by atoms with van der Waals surface area (Å²) in [5, 5.41) is 3.26. The van der Waals surface area contributed by atoms with Crippen LogP contribution in [0, 0.1) is 0 Å². The highest BCUT2D eigenvalue weighted by Gasteiger charge is 2.34. The lowest BCUT2D eigenvalue weighted by molar-refractivity contribution is 0.0840. The van der Waals surface area contributed by atoms with E-state index in [-0.39, 0.29) is 11.0 Å². The van der Waals surface area contributed by atoms with E-state index in [4.69, 9.17) is 9.47 Å². The number of ether oxygens (including phenoxy) is 2. The van der Waals surface area contributed by atoms with Gasteiger partial charge in [-0.1, -0.05) is 13.3 Å². The lowest BCUT2D eigenvalue weighted by Gasteiger charge is -2.27. The molecule has 1 unspecified atom stereocenters.